The van der Waals surface area contributed by atoms with E-state index in [1.165, 1.54) is 23.5 Å². The van der Waals surface area contributed by atoms with Crippen LogP contribution in [0.1, 0.15) is 11.1 Å². The molecule has 0 bridgehead atoms. The molecule has 0 saturated heterocycles. The minimum Gasteiger partial charge on any atom is -0.325 e. The van der Waals surface area contributed by atoms with Crippen LogP contribution in [-0.4, -0.2) is 46.9 Å². The minimum absolute atomic E-state index is 0.0360. The Bertz CT molecular complexity index is 849. The van der Waals surface area contributed by atoms with E-state index in [1.807, 2.05) is 32.0 Å². The van der Waals surface area contributed by atoms with Gasteiger partial charge in [-0.2, -0.15) is 5.10 Å². The van der Waals surface area contributed by atoms with Crippen LogP contribution in [0, 0.1) is 13.8 Å². The van der Waals surface area contributed by atoms with Crippen LogP contribution in [0.15, 0.2) is 27.7 Å². The van der Waals surface area contributed by atoms with Gasteiger partial charge in [0.2, 0.25) is 11.1 Å². The van der Waals surface area contributed by atoms with Crippen molar-refractivity contribution in [3.8, 4) is 0 Å². The Balaban J connectivity index is 1.56. The molecule has 0 aliphatic carbocycles. The third-order valence-electron chi connectivity index (χ3n) is 3.36. The summed E-state index contributed by atoms with van der Waals surface area (Å²) in [5.74, 6) is 0.0355. The van der Waals surface area contributed by atoms with E-state index in [4.69, 9.17) is 0 Å². The van der Waals surface area contributed by atoms with E-state index in [-0.39, 0.29) is 17.4 Å². The van der Waals surface area contributed by atoms with Crippen molar-refractivity contribution in [1.82, 2.24) is 5.01 Å². The zero-order valence-corrected chi connectivity index (χ0v) is 15.6. The first-order chi connectivity index (χ1) is 11.3. The number of nitrogens with zero attached hydrogens (tertiary/aromatic N) is 3. The van der Waals surface area contributed by atoms with Crippen LogP contribution in [0.25, 0.3) is 0 Å². The van der Waals surface area contributed by atoms with Gasteiger partial charge in [0, 0.05) is 5.69 Å². The topological polar surface area (TPSA) is 91.2 Å². The van der Waals surface area contributed by atoms with E-state index in [1.54, 1.807) is 5.01 Å². The van der Waals surface area contributed by atoms with Gasteiger partial charge in [0.1, 0.15) is 0 Å². The van der Waals surface area contributed by atoms with Gasteiger partial charge < -0.3 is 5.32 Å². The predicted octanol–water partition coefficient (Wildman–Crippen LogP) is 1.99. The second kappa shape index (κ2) is 6.77. The molecule has 10 heteroatoms. The Hall–Kier alpha value is -1.52. The summed E-state index contributed by atoms with van der Waals surface area (Å²) in [5.41, 5.74) is 2.95. The lowest BCUT2D eigenvalue weighted by molar-refractivity contribution is -0.113. The van der Waals surface area contributed by atoms with Gasteiger partial charge in [-0.05, 0) is 37.2 Å². The monoisotopic (exact) mass is 384 g/mol. The number of thioether (sulfide) groups is 2. The van der Waals surface area contributed by atoms with E-state index in [0.717, 1.165) is 16.8 Å². The van der Waals surface area contributed by atoms with Crippen LogP contribution in [-0.2, 0) is 14.8 Å². The van der Waals surface area contributed by atoms with E-state index < -0.39 is 10.0 Å². The first kappa shape index (κ1) is 17.3. The van der Waals surface area contributed by atoms with Gasteiger partial charge in [-0.3, -0.25) is 4.79 Å². The maximum atomic E-state index is 12.1. The first-order valence-electron chi connectivity index (χ1n) is 7.19. The number of nitrogens with one attached hydrogen (secondary N) is 1. The molecular weight excluding hydrogens is 368 g/mol. The number of carbonyl (C=O) groups is 1. The molecule has 2 aliphatic heterocycles. The van der Waals surface area contributed by atoms with Crippen molar-refractivity contribution in [2.75, 3.05) is 23.4 Å². The lowest BCUT2D eigenvalue weighted by Gasteiger charge is -2.16. The third kappa shape index (κ3) is 4.11. The van der Waals surface area contributed by atoms with Crippen LogP contribution >= 0.6 is 23.5 Å². The number of rotatable bonds is 3. The lowest BCUT2D eigenvalue weighted by atomic mass is 10.1. The summed E-state index contributed by atoms with van der Waals surface area (Å²) in [6, 6.07) is 5.84. The van der Waals surface area contributed by atoms with Gasteiger partial charge in [0.05, 0.1) is 18.1 Å². The third-order valence-corrected chi connectivity index (χ3v) is 6.71. The molecule has 0 aromatic heterocycles. The van der Waals surface area contributed by atoms with Crippen molar-refractivity contribution in [1.29, 1.82) is 0 Å². The number of hydrogen-bond donors (Lipinski definition) is 1. The van der Waals surface area contributed by atoms with E-state index >= 15 is 0 Å². The largest absolute Gasteiger partial charge is 0.325 e. The summed E-state index contributed by atoms with van der Waals surface area (Å²) < 4.78 is 27.3. The molecular formula is C14H16N4O3S3. The second-order valence-electron chi connectivity index (χ2n) is 5.41. The number of aryl methyl sites for hydroxylation is 2. The number of amidine groups is 1. The zero-order chi connectivity index (χ0) is 17.3. The number of anilines is 1. The van der Waals surface area contributed by atoms with E-state index in [9.17, 15) is 13.2 Å². The fraction of sp³-hybridized carbons (Fsp3) is 0.357. The summed E-state index contributed by atoms with van der Waals surface area (Å²) in [4.78, 5) is 12.1. The Morgan fingerprint density at radius 2 is 2.21 bits per heavy atom. The average molecular weight is 385 g/mol. The van der Waals surface area contributed by atoms with Crippen molar-refractivity contribution < 1.29 is 13.2 Å². The lowest BCUT2D eigenvalue weighted by Crippen LogP contribution is -2.31. The molecule has 1 aromatic carbocycles. The fourth-order valence-electron chi connectivity index (χ4n) is 2.20. The van der Waals surface area contributed by atoms with Gasteiger partial charge in [-0.25, -0.2) is 13.4 Å². The molecule has 1 N–H and O–H groups in total. The number of benzene rings is 1. The van der Waals surface area contributed by atoms with Crippen molar-refractivity contribution >= 4 is 54.7 Å². The molecule has 24 heavy (non-hydrogen) atoms. The highest BCUT2D eigenvalue weighted by atomic mass is 32.2. The summed E-state index contributed by atoms with van der Waals surface area (Å²) in [7, 11) is -3.38. The molecule has 1 amide bonds. The summed E-state index contributed by atoms with van der Waals surface area (Å²) in [5, 5.41) is 9.08. The molecule has 2 aliphatic rings. The van der Waals surface area contributed by atoms with E-state index in [2.05, 4.69) is 14.8 Å². The van der Waals surface area contributed by atoms with Gasteiger partial charge in [0.25, 0.3) is 10.0 Å². The van der Waals surface area contributed by atoms with Gasteiger partial charge in [-0.15, -0.1) is 4.40 Å². The van der Waals surface area contributed by atoms with Crippen molar-refractivity contribution in [3.05, 3.63) is 29.3 Å². The molecule has 0 spiro atoms. The summed E-state index contributed by atoms with van der Waals surface area (Å²) in [6.45, 7) is 4.25. The van der Waals surface area contributed by atoms with Crippen LogP contribution in [0.5, 0.6) is 0 Å². The minimum atomic E-state index is -3.38. The van der Waals surface area contributed by atoms with Crippen molar-refractivity contribution in [2.24, 2.45) is 9.50 Å². The molecule has 2 heterocycles. The van der Waals surface area contributed by atoms with Crippen LogP contribution < -0.4 is 5.32 Å². The number of amides is 1. The predicted molar refractivity (Wildman–Crippen MR) is 100.0 cm³/mol. The van der Waals surface area contributed by atoms with Gasteiger partial charge in [0.15, 0.2) is 4.38 Å². The molecule has 0 radical (unpaired) electrons. The molecule has 0 saturated carbocycles. The Labute approximate surface area is 149 Å². The van der Waals surface area contributed by atoms with Crippen LogP contribution in [0.4, 0.5) is 5.69 Å². The molecule has 0 fully saturated rings. The molecule has 128 valence electrons. The highest BCUT2D eigenvalue weighted by Gasteiger charge is 2.31. The smallest absolute Gasteiger partial charge is 0.257 e. The number of sulfonamides is 1. The highest BCUT2D eigenvalue weighted by molar-refractivity contribution is 8.45. The molecule has 3 rings (SSSR count). The average Bonchev–Trinajstić information content (AvgIpc) is 2.89. The first-order valence-corrected chi connectivity index (χ1v) is 10.6. The van der Waals surface area contributed by atoms with E-state index in [0.29, 0.717) is 16.1 Å². The SMILES string of the molecule is Cc1ccc(NC(=O)CSC2=NN3CCS(=O)(=O)N=C3S2)c(C)c1. The number of hydrazone groups is 1. The molecule has 1 aromatic rings. The number of hydrogen-bond acceptors (Lipinski definition) is 7. The van der Waals surface area contributed by atoms with Crippen LogP contribution in [0.3, 0.4) is 0 Å². The Kier molecular flexibility index (Phi) is 4.88. The van der Waals surface area contributed by atoms with Crippen LogP contribution in [0.2, 0.25) is 0 Å². The normalized spacial score (nSPS) is 18.7. The highest BCUT2D eigenvalue weighted by Crippen LogP contribution is 2.30. The Morgan fingerprint density at radius 1 is 1.42 bits per heavy atom. The molecule has 0 unspecified atom stereocenters. The van der Waals surface area contributed by atoms with Gasteiger partial charge >= 0.3 is 0 Å². The number of carbonyl (C=O) groups excluding carboxylic acids is 1. The quantitative estimate of drug-likeness (QED) is 0.857. The van der Waals surface area contributed by atoms with Gasteiger partial charge in [-0.1, -0.05) is 29.5 Å². The maximum Gasteiger partial charge on any atom is 0.257 e. The molecule has 0 atom stereocenters. The standard InChI is InChI=1S/C14H16N4O3S3/c1-9-3-4-11(10(2)7-9)15-12(19)8-22-14-16-18-5-6-24(20,21)17-13(18)23-14/h3-4,7H,5-6,8H2,1-2H3,(H,15,19). The fourth-order valence-corrected chi connectivity index (χ4v) is 5.17. The second-order valence-corrected chi connectivity index (χ2v) is 9.34. The zero-order valence-electron chi connectivity index (χ0n) is 13.1. The summed E-state index contributed by atoms with van der Waals surface area (Å²) in [6.07, 6.45) is 0. The van der Waals surface area contributed by atoms with Crippen molar-refractivity contribution in [2.45, 2.75) is 13.8 Å². The van der Waals surface area contributed by atoms with Crippen molar-refractivity contribution in [3.63, 3.8) is 0 Å². The Morgan fingerprint density at radius 3 is 2.96 bits per heavy atom. The number of fused-ring (bicyclic) bond motifs is 1. The molecule has 7 nitrogen and oxygen atoms in total. The maximum absolute atomic E-state index is 12.1. The summed E-state index contributed by atoms with van der Waals surface area (Å²) >= 11 is 2.45.